The van der Waals surface area contributed by atoms with Gasteiger partial charge in [0, 0.05) is 31.9 Å². The van der Waals surface area contributed by atoms with Gasteiger partial charge in [-0.3, -0.25) is 9.59 Å². The zero-order valence-corrected chi connectivity index (χ0v) is 16.3. The molecule has 1 unspecified atom stereocenters. The summed E-state index contributed by atoms with van der Waals surface area (Å²) in [5.41, 5.74) is 6.51. The summed E-state index contributed by atoms with van der Waals surface area (Å²) in [6.07, 6.45) is 5.14. The Hall–Kier alpha value is -2.18. The fourth-order valence-electron chi connectivity index (χ4n) is 4.42. The molecule has 7 heteroatoms. The monoisotopic (exact) mass is 371 g/mol. The molecule has 2 aliphatic heterocycles. The van der Waals surface area contributed by atoms with E-state index in [1.165, 1.54) is 12.8 Å². The zero-order chi connectivity index (χ0) is 19.2. The van der Waals surface area contributed by atoms with Gasteiger partial charge in [0.15, 0.2) is 0 Å². The smallest absolute Gasteiger partial charge is 0.272 e. The highest BCUT2D eigenvalue weighted by Gasteiger charge is 2.50. The molecule has 0 bridgehead atoms. The highest BCUT2D eigenvalue weighted by atomic mass is 16.2. The number of amides is 2. The molecule has 1 aliphatic carbocycles. The highest BCUT2D eigenvalue weighted by Crippen LogP contribution is 2.42. The number of carbonyl (C=O) groups excluding carboxylic acids is 2. The van der Waals surface area contributed by atoms with Crippen LogP contribution in [0, 0.1) is 11.3 Å². The minimum atomic E-state index is -0.401. The lowest BCUT2D eigenvalue weighted by Crippen LogP contribution is -2.51. The number of nitrogens with zero attached hydrogens (tertiary/aromatic N) is 4. The highest BCUT2D eigenvalue weighted by molar-refractivity contribution is 5.94. The van der Waals surface area contributed by atoms with Crippen LogP contribution in [0.2, 0.25) is 0 Å². The van der Waals surface area contributed by atoms with Gasteiger partial charge < -0.3 is 15.5 Å². The van der Waals surface area contributed by atoms with Gasteiger partial charge in [-0.25, -0.2) is 9.97 Å². The number of nitrogen functional groups attached to an aromatic ring is 1. The Morgan fingerprint density at radius 2 is 2.07 bits per heavy atom. The zero-order valence-electron chi connectivity index (χ0n) is 16.3. The molecule has 2 N–H and O–H groups in total. The minimum Gasteiger partial charge on any atom is -0.368 e. The van der Waals surface area contributed by atoms with Crippen LogP contribution in [0.15, 0.2) is 6.07 Å². The Labute approximate surface area is 160 Å². The van der Waals surface area contributed by atoms with Crippen LogP contribution in [0.4, 0.5) is 5.95 Å². The van der Waals surface area contributed by atoms with E-state index in [2.05, 4.69) is 14.9 Å². The van der Waals surface area contributed by atoms with Crippen molar-refractivity contribution in [1.29, 1.82) is 0 Å². The number of piperidine rings is 1. The van der Waals surface area contributed by atoms with E-state index in [4.69, 9.17) is 5.73 Å². The number of likely N-dealkylation sites (tertiary alicyclic amines) is 2. The van der Waals surface area contributed by atoms with Gasteiger partial charge in [0.1, 0.15) is 5.69 Å². The third kappa shape index (κ3) is 3.51. The van der Waals surface area contributed by atoms with Crippen molar-refractivity contribution in [2.75, 3.05) is 31.9 Å². The lowest BCUT2D eigenvalue weighted by Gasteiger charge is -2.39. The molecule has 2 amide bonds. The first-order valence-corrected chi connectivity index (χ1v) is 10.1. The lowest BCUT2D eigenvalue weighted by atomic mass is 9.78. The third-order valence-corrected chi connectivity index (χ3v) is 6.21. The first-order valence-electron chi connectivity index (χ1n) is 10.1. The summed E-state index contributed by atoms with van der Waals surface area (Å²) in [4.78, 5) is 38.4. The normalized spacial score (nSPS) is 25.7. The molecule has 27 heavy (non-hydrogen) atoms. The summed E-state index contributed by atoms with van der Waals surface area (Å²) < 4.78 is 0. The van der Waals surface area contributed by atoms with Gasteiger partial charge in [-0.05, 0) is 50.0 Å². The number of aromatic nitrogens is 2. The van der Waals surface area contributed by atoms with E-state index in [-0.39, 0.29) is 23.7 Å². The van der Waals surface area contributed by atoms with Crippen LogP contribution in [-0.4, -0.2) is 57.8 Å². The van der Waals surface area contributed by atoms with Crippen molar-refractivity contribution in [1.82, 2.24) is 19.8 Å². The molecule has 1 atom stereocenters. The Balaban J connectivity index is 1.50. The molecule has 1 aromatic heterocycles. The molecule has 3 fully saturated rings. The van der Waals surface area contributed by atoms with Crippen molar-refractivity contribution in [3.8, 4) is 0 Å². The Morgan fingerprint density at radius 3 is 2.78 bits per heavy atom. The fraction of sp³-hybridized carbons (Fsp3) is 0.700. The van der Waals surface area contributed by atoms with Crippen molar-refractivity contribution in [2.45, 2.75) is 51.9 Å². The number of anilines is 1. The van der Waals surface area contributed by atoms with Crippen molar-refractivity contribution >= 4 is 17.8 Å². The van der Waals surface area contributed by atoms with Crippen LogP contribution in [0.5, 0.6) is 0 Å². The maximum Gasteiger partial charge on any atom is 0.272 e. The summed E-state index contributed by atoms with van der Waals surface area (Å²) in [7, 11) is 0. The van der Waals surface area contributed by atoms with Gasteiger partial charge in [0.2, 0.25) is 11.9 Å². The van der Waals surface area contributed by atoms with E-state index < -0.39 is 5.41 Å². The molecule has 2 saturated heterocycles. The van der Waals surface area contributed by atoms with Gasteiger partial charge in [0.05, 0.1) is 5.41 Å². The van der Waals surface area contributed by atoms with Gasteiger partial charge in [-0.2, -0.15) is 0 Å². The Kier molecular flexibility index (Phi) is 4.56. The number of hydrogen-bond acceptors (Lipinski definition) is 5. The Morgan fingerprint density at radius 1 is 1.30 bits per heavy atom. The van der Waals surface area contributed by atoms with Crippen molar-refractivity contribution in [3.05, 3.63) is 17.5 Å². The first-order chi connectivity index (χ1) is 12.9. The van der Waals surface area contributed by atoms with E-state index >= 15 is 0 Å². The molecule has 4 rings (SSSR count). The molecule has 3 aliphatic rings. The quantitative estimate of drug-likeness (QED) is 0.874. The van der Waals surface area contributed by atoms with E-state index in [1.54, 1.807) is 11.0 Å². The second kappa shape index (κ2) is 6.77. The third-order valence-electron chi connectivity index (χ3n) is 6.21. The average molecular weight is 371 g/mol. The molecular formula is C20H29N5O2. The predicted octanol–water partition coefficient (Wildman–Crippen LogP) is 2.05. The number of hydrogen-bond donors (Lipinski definition) is 1. The molecular weight excluding hydrogens is 342 g/mol. The van der Waals surface area contributed by atoms with Crippen molar-refractivity contribution in [3.63, 3.8) is 0 Å². The van der Waals surface area contributed by atoms with Crippen LogP contribution >= 0.6 is 0 Å². The van der Waals surface area contributed by atoms with Crippen LogP contribution in [0.25, 0.3) is 0 Å². The maximum atomic E-state index is 13.2. The molecule has 0 aromatic carbocycles. The van der Waals surface area contributed by atoms with Crippen LogP contribution in [-0.2, 0) is 4.79 Å². The number of rotatable bonds is 4. The van der Waals surface area contributed by atoms with E-state index in [9.17, 15) is 9.59 Å². The fourth-order valence-corrected chi connectivity index (χ4v) is 4.42. The molecule has 3 heterocycles. The van der Waals surface area contributed by atoms with Gasteiger partial charge >= 0.3 is 0 Å². The summed E-state index contributed by atoms with van der Waals surface area (Å²) in [6.45, 7) is 6.88. The average Bonchev–Trinajstić information content (AvgIpc) is 3.35. The lowest BCUT2D eigenvalue weighted by molar-refractivity contribution is -0.145. The SMILES string of the molecule is CC(C)c1cc(C(=O)N2CCC3(CCCN(CC4CC4)C3=O)C2)nc(N)n1. The minimum absolute atomic E-state index is 0.128. The summed E-state index contributed by atoms with van der Waals surface area (Å²) in [6, 6.07) is 1.73. The standard InChI is InChI=1S/C20H29N5O2/c1-13(2)15-10-16(23-19(21)22-15)17(26)25-9-7-20(12-25)6-3-8-24(18(20)27)11-14-4-5-14/h10,13-14H,3-9,11-12H2,1-2H3,(H2,21,22,23). The van der Waals surface area contributed by atoms with E-state index in [0.717, 1.165) is 38.0 Å². The molecule has 1 aromatic rings. The van der Waals surface area contributed by atoms with E-state index in [0.29, 0.717) is 24.7 Å². The Bertz CT molecular complexity index is 761. The number of nitrogens with two attached hydrogens (primary N) is 1. The van der Waals surface area contributed by atoms with Crippen LogP contribution < -0.4 is 5.73 Å². The van der Waals surface area contributed by atoms with E-state index in [1.807, 2.05) is 13.8 Å². The molecule has 1 saturated carbocycles. The molecule has 146 valence electrons. The topological polar surface area (TPSA) is 92.4 Å². The number of carbonyl (C=O) groups is 2. The second-order valence-corrected chi connectivity index (χ2v) is 8.75. The maximum absolute atomic E-state index is 13.2. The summed E-state index contributed by atoms with van der Waals surface area (Å²) >= 11 is 0. The van der Waals surface area contributed by atoms with Gasteiger partial charge in [-0.1, -0.05) is 13.8 Å². The molecule has 0 radical (unpaired) electrons. The summed E-state index contributed by atoms with van der Waals surface area (Å²) in [5.74, 6) is 1.10. The molecule has 1 spiro atoms. The largest absolute Gasteiger partial charge is 0.368 e. The molecule has 7 nitrogen and oxygen atoms in total. The van der Waals surface area contributed by atoms with Crippen molar-refractivity contribution < 1.29 is 9.59 Å². The van der Waals surface area contributed by atoms with Crippen molar-refractivity contribution in [2.24, 2.45) is 11.3 Å². The van der Waals surface area contributed by atoms with Crippen LogP contribution in [0.1, 0.15) is 68.1 Å². The van der Waals surface area contributed by atoms with Gasteiger partial charge in [-0.15, -0.1) is 0 Å². The second-order valence-electron chi connectivity index (χ2n) is 8.75. The van der Waals surface area contributed by atoms with Crippen LogP contribution in [0.3, 0.4) is 0 Å². The van der Waals surface area contributed by atoms with Gasteiger partial charge in [0.25, 0.3) is 5.91 Å². The first kappa shape index (κ1) is 18.2. The predicted molar refractivity (Wildman–Crippen MR) is 102 cm³/mol. The summed E-state index contributed by atoms with van der Waals surface area (Å²) in [5, 5.41) is 0.